The van der Waals surface area contributed by atoms with Gasteiger partial charge in [-0.2, -0.15) is 0 Å². The van der Waals surface area contributed by atoms with Crippen LogP contribution in [0.25, 0.3) is 5.57 Å². The number of aryl methyl sites for hydroxylation is 1. The summed E-state index contributed by atoms with van der Waals surface area (Å²) < 4.78 is 19.1. The third kappa shape index (κ3) is 4.83. The Balaban J connectivity index is 2.08. The molecule has 1 N–H and O–H groups in total. The predicted octanol–water partition coefficient (Wildman–Crippen LogP) is 5.06. The van der Waals surface area contributed by atoms with Gasteiger partial charge in [0, 0.05) is 29.6 Å². The molecular formula is C20H18ClFN4O2S. The van der Waals surface area contributed by atoms with Gasteiger partial charge in [0.05, 0.1) is 28.5 Å². The third-order valence-electron chi connectivity index (χ3n) is 3.92. The van der Waals surface area contributed by atoms with Gasteiger partial charge in [0.2, 0.25) is 0 Å². The van der Waals surface area contributed by atoms with Crippen LogP contribution in [0.5, 0.6) is 0 Å². The Hall–Kier alpha value is -2.71. The van der Waals surface area contributed by atoms with Gasteiger partial charge in [0.1, 0.15) is 17.2 Å². The summed E-state index contributed by atoms with van der Waals surface area (Å²) in [6.45, 7) is 8.87. The molecule has 2 aromatic rings. The summed E-state index contributed by atoms with van der Waals surface area (Å²) in [5.74, 6) is 0.185. The number of hydrogen-bond acceptors (Lipinski definition) is 7. The quantitative estimate of drug-likeness (QED) is 0.484. The molecule has 0 atom stereocenters. The second kappa shape index (κ2) is 9.19. The molecule has 0 aliphatic carbocycles. The standard InChI is InChI=1S/C20H18ClFN4O2S/c1-4-28-20(27)14-10-23-7-5-15(14)24-19-17-16(6-8-29-17)25-18(26-19)13(12(3)22)9-11(2)21/h5,7,9-10H,2-4,6,8H2,1H3,(H,23,24,25,26)/b13-9+. The van der Waals surface area contributed by atoms with Gasteiger partial charge in [-0.05, 0) is 19.1 Å². The van der Waals surface area contributed by atoms with Crippen LogP contribution in [0.3, 0.4) is 0 Å². The number of aromatic nitrogens is 3. The SMILES string of the molecule is C=C(Cl)/C=C(\C(=C)F)c1nc2c(c(Nc3ccncc3C(=O)OCC)n1)SCC2. The Morgan fingerprint density at radius 1 is 1.45 bits per heavy atom. The first-order valence-corrected chi connectivity index (χ1v) is 10.1. The van der Waals surface area contributed by atoms with Crippen molar-refractivity contribution < 1.29 is 13.9 Å². The Bertz CT molecular complexity index is 1030. The van der Waals surface area contributed by atoms with E-state index < -0.39 is 11.8 Å². The van der Waals surface area contributed by atoms with Crippen LogP contribution in [-0.4, -0.2) is 33.3 Å². The molecule has 0 fully saturated rings. The van der Waals surface area contributed by atoms with Crippen LogP contribution in [-0.2, 0) is 11.2 Å². The van der Waals surface area contributed by atoms with Crippen molar-refractivity contribution >= 4 is 46.4 Å². The lowest BCUT2D eigenvalue weighted by Gasteiger charge is -2.14. The fraction of sp³-hybridized carbons (Fsp3) is 0.200. The fourth-order valence-electron chi connectivity index (χ4n) is 2.70. The summed E-state index contributed by atoms with van der Waals surface area (Å²) in [5.41, 5.74) is 1.57. The Morgan fingerprint density at radius 2 is 2.24 bits per heavy atom. The van der Waals surface area contributed by atoms with E-state index in [0.29, 0.717) is 17.9 Å². The number of esters is 1. The first kappa shape index (κ1) is 21.0. The smallest absolute Gasteiger partial charge is 0.341 e. The first-order valence-electron chi connectivity index (χ1n) is 8.73. The van der Waals surface area contributed by atoms with Crippen LogP contribution >= 0.6 is 23.4 Å². The molecule has 0 aromatic carbocycles. The van der Waals surface area contributed by atoms with E-state index in [1.165, 1.54) is 12.3 Å². The summed E-state index contributed by atoms with van der Waals surface area (Å²) in [6, 6.07) is 1.64. The van der Waals surface area contributed by atoms with Crippen molar-refractivity contribution in [3.8, 4) is 0 Å². The fourth-order valence-corrected chi connectivity index (χ4v) is 3.85. The monoisotopic (exact) mass is 432 g/mol. The molecule has 0 amide bonds. The van der Waals surface area contributed by atoms with Gasteiger partial charge in [0.25, 0.3) is 0 Å². The van der Waals surface area contributed by atoms with E-state index >= 15 is 0 Å². The summed E-state index contributed by atoms with van der Waals surface area (Å²) in [4.78, 5) is 26.0. The van der Waals surface area contributed by atoms with Gasteiger partial charge in [-0.1, -0.05) is 24.8 Å². The minimum Gasteiger partial charge on any atom is -0.462 e. The molecule has 6 nitrogen and oxygen atoms in total. The maximum atomic E-state index is 14.0. The number of anilines is 2. The minimum atomic E-state index is -0.723. The zero-order chi connectivity index (χ0) is 21.0. The van der Waals surface area contributed by atoms with Crippen LogP contribution in [0, 0.1) is 0 Å². The van der Waals surface area contributed by atoms with Crippen LogP contribution in [0.1, 0.15) is 28.8 Å². The number of carbonyl (C=O) groups excluding carboxylic acids is 1. The van der Waals surface area contributed by atoms with Crippen LogP contribution in [0.2, 0.25) is 0 Å². The summed E-state index contributed by atoms with van der Waals surface area (Å²) in [6.07, 6.45) is 5.00. The van der Waals surface area contributed by atoms with E-state index in [0.717, 1.165) is 16.3 Å². The lowest BCUT2D eigenvalue weighted by molar-refractivity contribution is 0.0527. The number of ether oxygens (including phenoxy) is 1. The van der Waals surface area contributed by atoms with E-state index in [9.17, 15) is 9.18 Å². The van der Waals surface area contributed by atoms with Gasteiger partial charge < -0.3 is 10.1 Å². The van der Waals surface area contributed by atoms with Gasteiger partial charge in [0.15, 0.2) is 5.82 Å². The summed E-state index contributed by atoms with van der Waals surface area (Å²) in [7, 11) is 0. The van der Waals surface area contributed by atoms with Gasteiger partial charge in [-0.25, -0.2) is 19.2 Å². The zero-order valence-electron chi connectivity index (χ0n) is 15.7. The molecule has 0 bridgehead atoms. The highest BCUT2D eigenvalue weighted by molar-refractivity contribution is 7.99. The topological polar surface area (TPSA) is 77.0 Å². The maximum absolute atomic E-state index is 14.0. The van der Waals surface area contributed by atoms with Crippen LogP contribution < -0.4 is 5.32 Å². The Kier molecular flexibility index (Phi) is 6.66. The van der Waals surface area contributed by atoms with Crippen molar-refractivity contribution in [3.63, 3.8) is 0 Å². The molecule has 0 radical (unpaired) electrons. The highest BCUT2D eigenvalue weighted by Crippen LogP contribution is 2.38. The number of nitrogens with zero attached hydrogens (tertiary/aromatic N) is 3. The second-order valence-electron chi connectivity index (χ2n) is 5.95. The van der Waals surface area contributed by atoms with E-state index in [-0.39, 0.29) is 28.6 Å². The van der Waals surface area contributed by atoms with E-state index in [1.807, 2.05) is 0 Å². The van der Waals surface area contributed by atoms with Crippen LogP contribution in [0.4, 0.5) is 15.9 Å². The molecule has 29 heavy (non-hydrogen) atoms. The lowest BCUT2D eigenvalue weighted by Crippen LogP contribution is -2.10. The molecule has 2 aromatic heterocycles. The number of hydrogen-bond donors (Lipinski definition) is 1. The number of allylic oxidation sites excluding steroid dienone is 4. The maximum Gasteiger partial charge on any atom is 0.341 e. The van der Waals surface area contributed by atoms with Crippen molar-refractivity contribution in [2.24, 2.45) is 0 Å². The molecule has 3 heterocycles. The van der Waals surface area contributed by atoms with Gasteiger partial charge in [-0.3, -0.25) is 4.98 Å². The number of nitrogens with one attached hydrogen (secondary N) is 1. The lowest BCUT2D eigenvalue weighted by atomic mass is 10.2. The molecular weight excluding hydrogens is 415 g/mol. The second-order valence-corrected chi connectivity index (χ2v) is 7.54. The van der Waals surface area contributed by atoms with Crippen molar-refractivity contribution in [2.75, 3.05) is 17.7 Å². The average Bonchev–Trinajstić information content (AvgIpc) is 3.15. The van der Waals surface area contributed by atoms with E-state index in [1.54, 1.807) is 30.9 Å². The Labute approximate surface area is 177 Å². The number of carbonyl (C=O) groups is 1. The number of halogens is 2. The van der Waals surface area contributed by atoms with Gasteiger partial charge >= 0.3 is 5.97 Å². The van der Waals surface area contributed by atoms with Crippen molar-refractivity contribution in [2.45, 2.75) is 18.2 Å². The molecule has 1 aliphatic rings. The summed E-state index contributed by atoms with van der Waals surface area (Å²) in [5, 5.41) is 3.28. The highest BCUT2D eigenvalue weighted by Gasteiger charge is 2.24. The predicted molar refractivity (Wildman–Crippen MR) is 113 cm³/mol. The third-order valence-corrected chi connectivity index (χ3v) is 5.16. The molecule has 0 spiro atoms. The molecule has 9 heteroatoms. The number of fused-ring (bicyclic) bond motifs is 1. The molecule has 0 saturated heterocycles. The number of pyridine rings is 1. The Morgan fingerprint density at radius 3 is 2.93 bits per heavy atom. The largest absolute Gasteiger partial charge is 0.462 e. The van der Waals surface area contributed by atoms with E-state index in [4.69, 9.17) is 16.3 Å². The normalized spacial score (nSPS) is 13.0. The van der Waals surface area contributed by atoms with Crippen LogP contribution in [0.15, 0.2) is 53.4 Å². The van der Waals surface area contributed by atoms with Crippen molar-refractivity contribution in [1.82, 2.24) is 15.0 Å². The first-order chi connectivity index (χ1) is 13.9. The highest BCUT2D eigenvalue weighted by atomic mass is 35.5. The van der Waals surface area contributed by atoms with E-state index in [2.05, 4.69) is 33.4 Å². The number of rotatable bonds is 7. The molecule has 150 valence electrons. The van der Waals surface area contributed by atoms with Gasteiger partial charge in [-0.15, -0.1) is 11.8 Å². The molecule has 3 rings (SSSR count). The molecule has 1 aliphatic heterocycles. The summed E-state index contributed by atoms with van der Waals surface area (Å²) >= 11 is 7.41. The minimum absolute atomic E-state index is 0.0492. The zero-order valence-corrected chi connectivity index (χ0v) is 17.2. The molecule has 0 unspecified atom stereocenters. The average molecular weight is 433 g/mol. The van der Waals surface area contributed by atoms with Crippen molar-refractivity contribution in [1.29, 1.82) is 0 Å². The molecule has 0 saturated carbocycles. The number of thioether (sulfide) groups is 1. The van der Waals surface area contributed by atoms with Crippen molar-refractivity contribution in [3.05, 3.63) is 65.6 Å².